The molecule has 0 spiro atoms. The van der Waals surface area contributed by atoms with E-state index >= 15 is 0 Å². The summed E-state index contributed by atoms with van der Waals surface area (Å²) in [5.41, 5.74) is 0. The average Bonchev–Trinajstić information content (AvgIpc) is 3.43. The molecule has 0 unspecified atom stereocenters. The van der Waals surface area contributed by atoms with E-state index in [1.807, 2.05) is 66.8 Å². The van der Waals surface area contributed by atoms with E-state index in [0.717, 1.165) is 39.4 Å². The van der Waals surface area contributed by atoms with E-state index in [-0.39, 0.29) is 59.4 Å². The maximum absolute atomic E-state index is 4.94. The van der Waals surface area contributed by atoms with Crippen LogP contribution in [0.25, 0.3) is 0 Å². The molecular weight excluding hydrogens is 432 g/mol. The number of likely N-dealkylation sites (N-methyl/N-ethyl adjacent to an activating group) is 3. The smallest absolute Gasteiger partial charge is 0.381 e. The van der Waals surface area contributed by atoms with Gasteiger partial charge in [-0.2, -0.15) is 30.4 Å². The van der Waals surface area contributed by atoms with Gasteiger partial charge in [0.15, 0.2) is 0 Å². The molecular formula is C26H42Li2N3OTi-. The van der Waals surface area contributed by atoms with Crippen LogP contribution in [-0.4, -0.2) is 89.3 Å². The molecule has 0 atom stereocenters. The number of hydrogen-bond donors (Lipinski definition) is 0. The van der Waals surface area contributed by atoms with E-state index in [0.29, 0.717) is 0 Å². The Bertz CT molecular complexity index is 477. The van der Waals surface area contributed by atoms with Crippen LogP contribution in [0.2, 0.25) is 0 Å². The van der Waals surface area contributed by atoms with E-state index in [1.54, 1.807) is 0 Å². The van der Waals surface area contributed by atoms with Crippen LogP contribution in [-0.2, 0) is 26.5 Å². The van der Waals surface area contributed by atoms with Crippen molar-refractivity contribution in [3.8, 4) is 0 Å². The van der Waals surface area contributed by atoms with E-state index in [1.165, 1.54) is 12.8 Å². The van der Waals surface area contributed by atoms with Crippen LogP contribution >= 0.6 is 0 Å². The summed E-state index contributed by atoms with van der Waals surface area (Å²) in [6.07, 6.45) is 19.1. The topological polar surface area (TPSA) is 19.0 Å². The summed E-state index contributed by atoms with van der Waals surface area (Å²) in [4.78, 5) is 6.79. The Morgan fingerprint density at radius 3 is 1.73 bits per heavy atom. The molecule has 0 bridgehead atoms. The summed E-state index contributed by atoms with van der Waals surface area (Å²) in [6.45, 7) is 6.59. The Labute approximate surface area is 243 Å². The normalized spacial score (nSPS) is 17.0. The molecule has 1 aliphatic heterocycles. The van der Waals surface area contributed by atoms with Crippen LogP contribution in [0.5, 0.6) is 0 Å². The predicted octanol–water partition coefficient (Wildman–Crippen LogP) is -1.92. The van der Waals surface area contributed by atoms with Crippen LogP contribution in [0.3, 0.4) is 0 Å². The maximum atomic E-state index is 4.94. The predicted molar refractivity (Wildman–Crippen MR) is 131 cm³/mol. The number of hydrogen-bond acceptors (Lipinski definition) is 4. The Balaban J connectivity index is -0.000000174. The van der Waals surface area contributed by atoms with Gasteiger partial charge in [0.25, 0.3) is 0 Å². The van der Waals surface area contributed by atoms with Gasteiger partial charge < -0.3 is 25.5 Å². The van der Waals surface area contributed by atoms with Crippen LogP contribution in [0, 0.1) is 12.1 Å². The third-order valence-electron chi connectivity index (χ3n) is 4.01. The molecule has 3 rings (SSSR count). The SMILES string of the molecule is C1CCOC1.CN(C)CCN(C)CCN(C)C.[C-]1=C\C=C/C=C\C=C/1.[Li+].[Li+].[Ti].[c-]1ccc[cH-]1. The third-order valence-corrected chi connectivity index (χ3v) is 4.01. The second kappa shape index (κ2) is 32.1. The zero-order valence-corrected chi connectivity index (χ0v) is 23.8. The molecule has 33 heavy (non-hydrogen) atoms. The number of nitrogens with zero attached hydrogens (tertiary/aromatic N) is 3. The van der Waals surface area contributed by atoms with Crippen molar-refractivity contribution in [3.05, 3.63) is 78.9 Å². The van der Waals surface area contributed by atoms with Crippen LogP contribution in [0.15, 0.2) is 66.8 Å². The van der Waals surface area contributed by atoms with E-state index in [4.69, 9.17) is 4.74 Å². The van der Waals surface area contributed by atoms with Gasteiger partial charge in [0.1, 0.15) is 0 Å². The Morgan fingerprint density at radius 1 is 0.788 bits per heavy atom. The third kappa shape index (κ3) is 36.8. The van der Waals surface area contributed by atoms with Crippen molar-refractivity contribution in [1.82, 2.24) is 14.7 Å². The molecule has 2 aliphatic rings. The molecule has 174 valence electrons. The fourth-order valence-electron chi connectivity index (χ4n) is 2.11. The number of rotatable bonds is 6. The van der Waals surface area contributed by atoms with Crippen molar-refractivity contribution in [2.45, 2.75) is 12.8 Å². The molecule has 0 aromatic heterocycles. The fourth-order valence-corrected chi connectivity index (χ4v) is 2.11. The first-order chi connectivity index (χ1) is 14.5. The molecule has 1 heterocycles. The van der Waals surface area contributed by atoms with E-state index in [9.17, 15) is 0 Å². The first-order valence-corrected chi connectivity index (χ1v) is 10.7. The molecule has 1 aromatic rings. The van der Waals surface area contributed by atoms with Crippen molar-refractivity contribution in [2.75, 3.05) is 74.6 Å². The Hall–Kier alpha value is 0.0591. The largest absolute Gasteiger partial charge is 1.00 e. The van der Waals surface area contributed by atoms with Gasteiger partial charge in [-0.1, -0.05) is 6.08 Å². The summed E-state index contributed by atoms with van der Waals surface area (Å²) >= 11 is 0. The molecule has 1 aromatic carbocycles. The summed E-state index contributed by atoms with van der Waals surface area (Å²) < 4.78 is 4.94. The molecule has 0 saturated carbocycles. The second-order valence-corrected chi connectivity index (χ2v) is 7.58. The van der Waals surface area contributed by atoms with Crippen molar-refractivity contribution >= 4 is 0 Å². The van der Waals surface area contributed by atoms with Gasteiger partial charge in [0.2, 0.25) is 0 Å². The summed E-state index contributed by atoms with van der Waals surface area (Å²) in [7, 11) is 10.6. The van der Waals surface area contributed by atoms with Gasteiger partial charge in [-0.25, -0.2) is 0 Å². The quantitative estimate of drug-likeness (QED) is 0.354. The first kappa shape index (κ1) is 40.2. The molecule has 0 radical (unpaired) electrons. The van der Waals surface area contributed by atoms with Crippen molar-refractivity contribution in [2.24, 2.45) is 0 Å². The number of allylic oxidation sites excluding steroid dienone is 8. The minimum atomic E-state index is 0. The molecule has 0 amide bonds. The second-order valence-electron chi connectivity index (χ2n) is 7.58. The van der Waals surface area contributed by atoms with Crippen molar-refractivity contribution in [1.29, 1.82) is 0 Å². The van der Waals surface area contributed by atoms with Crippen molar-refractivity contribution in [3.63, 3.8) is 0 Å². The van der Waals surface area contributed by atoms with Crippen LogP contribution < -0.4 is 37.7 Å². The fraction of sp³-hybridized carbons (Fsp3) is 0.500. The van der Waals surface area contributed by atoms with Crippen LogP contribution in [0.1, 0.15) is 12.8 Å². The van der Waals surface area contributed by atoms with Gasteiger partial charge in [-0.15, -0.1) is 12.2 Å². The summed E-state index contributed by atoms with van der Waals surface area (Å²) in [5, 5.41) is 0. The minimum absolute atomic E-state index is 0. The first-order valence-electron chi connectivity index (χ1n) is 10.7. The zero-order chi connectivity index (χ0) is 22.3. The van der Waals surface area contributed by atoms with E-state index < -0.39 is 0 Å². The molecule has 0 N–H and O–H groups in total. The summed E-state index contributed by atoms with van der Waals surface area (Å²) in [6, 6.07) is 10.5. The average molecular weight is 474 g/mol. The van der Waals surface area contributed by atoms with Gasteiger partial charge in [-0.05, 0) is 48.1 Å². The van der Waals surface area contributed by atoms with Gasteiger partial charge >= 0.3 is 37.7 Å². The Morgan fingerprint density at radius 2 is 1.33 bits per heavy atom. The summed E-state index contributed by atoms with van der Waals surface area (Å²) in [5.74, 6) is 0. The van der Waals surface area contributed by atoms with Gasteiger partial charge in [0.05, 0.1) is 0 Å². The van der Waals surface area contributed by atoms with Gasteiger partial charge in [0, 0.05) is 61.1 Å². The zero-order valence-electron chi connectivity index (χ0n) is 22.3. The minimum Gasteiger partial charge on any atom is -0.381 e. The van der Waals surface area contributed by atoms with Crippen molar-refractivity contribution < 1.29 is 64.2 Å². The van der Waals surface area contributed by atoms with E-state index in [2.05, 4.69) is 62.1 Å². The number of ether oxygens (including phenoxy) is 1. The maximum Gasteiger partial charge on any atom is 1.00 e. The molecule has 1 saturated heterocycles. The molecule has 1 fully saturated rings. The molecule has 4 nitrogen and oxygen atoms in total. The van der Waals surface area contributed by atoms with Crippen LogP contribution in [0.4, 0.5) is 0 Å². The molecule has 1 aliphatic carbocycles. The Kier molecular flexibility index (Phi) is 39.1. The van der Waals surface area contributed by atoms with Gasteiger partial charge in [-0.3, -0.25) is 24.3 Å². The molecule has 7 heteroatoms. The monoisotopic (exact) mass is 474 g/mol. The standard InChI is InChI=1S/C9H23N3.C8H7.C5H4.C4H8O.2Li.Ti/c1-10(2)6-8-12(5)9-7-11(3)4;1-2-4-6-8-7-5-3-1;2*1-2-4-5-3-1;;;/h6-9H2,1-5H3;1-7H;1-4H;1-4H2;;;/q;-1;-2;;2*+1;/b;2-1-,3-1?,4-2?,5-3-,6-4-,7-5?;;;;;.